The van der Waals surface area contributed by atoms with Gasteiger partial charge >= 0.3 is 0 Å². The Labute approximate surface area is 119 Å². The molecule has 1 heterocycles. The van der Waals surface area contributed by atoms with Gasteiger partial charge in [0.2, 0.25) is 5.91 Å². The molecule has 106 valence electrons. The average molecular weight is 273 g/mol. The summed E-state index contributed by atoms with van der Waals surface area (Å²) in [6, 6.07) is 5.61. The summed E-state index contributed by atoms with van der Waals surface area (Å²) in [7, 11) is 1.62. The fourth-order valence-electron chi connectivity index (χ4n) is 2.32. The minimum absolute atomic E-state index is 0.173. The van der Waals surface area contributed by atoms with Crippen LogP contribution >= 0.6 is 0 Å². The van der Waals surface area contributed by atoms with E-state index in [9.17, 15) is 4.79 Å². The molecule has 0 spiro atoms. The second-order valence-electron chi connectivity index (χ2n) is 4.76. The Bertz CT molecular complexity index is 542. The fraction of sp³-hybridized carbons (Fsp3) is 0.438. The molecule has 1 N–H and O–H groups in total. The topological polar surface area (TPSA) is 49.8 Å². The minimum atomic E-state index is -0.173. The number of likely N-dealkylation sites (tertiary alicyclic amines) is 1. The number of piperidine rings is 1. The van der Waals surface area contributed by atoms with Gasteiger partial charge in [-0.25, -0.2) is 0 Å². The zero-order valence-electron chi connectivity index (χ0n) is 11.7. The van der Waals surface area contributed by atoms with Crippen LogP contribution in [0.25, 0.3) is 0 Å². The van der Waals surface area contributed by atoms with Gasteiger partial charge in [-0.2, -0.15) is 0 Å². The highest BCUT2D eigenvalue weighted by Gasteiger charge is 2.19. The molecule has 0 radical (unpaired) electrons. The molecule has 1 amide bonds. The number of carbonyl (C=O) groups excluding carboxylic acids is 1. The van der Waals surface area contributed by atoms with Crippen molar-refractivity contribution in [3.8, 4) is 17.6 Å². The lowest BCUT2D eigenvalue weighted by molar-refractivity contribution is -0.133. The summed E-state index contributed by atoms with van der Waals surface area (Å²) in [5.41, 5.74) is 1.79. The summed E-state index contributed by atoms with van der Waals surface area (Å²) >= 11 is 0. The number of aliphatic hydroxyl groups excluding tert-OH is 1. The first-order valence-electron chi connectivity index (χ1n) is 6.79. The number of hydrogen-bond donors (Lipinski definition) is 1. The van der Waals surface area contributed by atoms with Crippen molar-refractivity contribution < 1.29 is 14.6 Å². The average Bonchev–Trinajstić information content (AvgIpc) is 2.48. The number of rotatable bonds is 3. The summed E-state index contributed by atoms with van der Waals surface area (Å²) in [5.74, 6) is 6.52. The van der Waals surface area contributed by atoms with Gasteiger partial charge in [-0.3, -0.25) is 4.79 Å². The Kier molecular flexibility index (Phi) is 5.03. The van der Waals surface area contributed by atoms with Gasteiger partial charge in [0.15, 0.2) is 0 Å². The third kappa shape index (κ3) is 3.52. The molecule has 1 aliphatic heterocycles. The maximum atomic E-state index is 11.9. The van der Waals surface area contributed by atoms with E-state index in [1.54, 1.807) is 7.11 Å². The van der Waals surface area contributed by atoms with Crippen molar-refractivity contribution >= 4 is 5.91 Å². The van der Waals surface area contributed by atoms with Gasteiger partial charge in [0, 0.05) is 25.1 Å². The predicted molar refractivity (Wildman–Crippen MR) is 76.2 cm³/mol. The summed E-state index contributed by atoms with van der Waals surface area (Å²) in [5, 5.41) is 8.82. The molecular formula is C16H19NO3. The Morgan fingerprint density at radius 2 is 2.25 bits per heavy atom. The van der Waals surface area contributed by atoms with Crippen LogP contribution in [0.2, 0.25) is 0 Å². The van der Waals surface area contributed by atoms with Gasteiger partial charge in [0.1, 0.15) is 12.4 Å². The van der Waals surface area contributed by atoms with E-state index in [-0.39, 0.29) is 12.5 Å². The number of ether oxygens (including phenoxy) is 1. The molecule has 0 aromatic heterocycles. The molecular weight excluding hydrogens is 254 g/mol. The first-order valence-corrected chi connectivity index (χ1v) is 6.79. The normalized spacial score (nSPS) is 14.7. The molecule has 1 fully saturated rings. The summed E-state index contributed by atoms with van der Waals surface area (Å²) in [4.78, 5) is 13.8. The molecule has 1 aromatic rings. The van der Waals surface area contributed by atoms with Gasteiger partial charge in [-0.05, 0) is 36.6 Å². The number of hydrogen-bond acceptors (Lipinski definition) is 3. The highest BCUT2D eigenvalue weighted by Crippen LogP contribution is 2.21. The van der Waals surface area contributed by atoms with E-state index in [1.165, 1.54) is 0 Å². The maximum Gasteiger partial charge on any atom is 0.222 e. The van der Waals surface area contributed by atoms with Crippen LogP contribution in [0, 0.1) is 11.8 Å². The van der Waals surface area contributed by atoms with Crippen LogP contribution in [0.15, 0.2) is 18.2 Å². The van der Waals surface area contributed by atoms with E-state index in [4.69, 9.17) is 9.84 Å². The zero-order chi connectivity index (χ0) is 14.4. The lowest BCUT2D eigenvalue weighted by Crippen LogP contribution is -2.34. The smallest absolute Gasteiger partial charge is 0.222 e. The van der Waals surface area contributed by atoms with Crippen LogP contribution in [-0.4, -0.2) is 36.2 Å². The van der Waals surface area contributed by atoms with Crippen molar-refractivity contribution in [1.29, 1.82) is 0 Å². The maximum absolute atomic E-state index is 11.9. The van der Waals surface area contributed by atoms with Gasteiger partial charge < -0.3 is 14.7 Å². The highest BCUT2D eigenvalue weighted by atomic mass is 16.5. The van der Waals surface area contributed by atoms with Gasteiger partial charge in [-0.1, -0.05) is 11.8 Å². The van der Waals surface area contributed by atoms with Crippen molar-refractivity contribution in [3.63, 3.8) is 0 Å². The van der Waals surface area contributed by atoms with E-state index in [0.29, 0.717) is 13.0 Å². The van der Waals surface area contributed by atoms with Crippen LogP contribution in [0.1, 0.15) is 30.4 Å². The molecule has 0 bridgehead atoms. The largest absolute Gasteiger partial charge is 0.497 e. The third-order valence-electron chi connectivity index (χ3n) is 3.40. The van der Waals surface area contributed by atoms with E-state index in [1.807, 2.05) is 23.1 Å². The lowest BCUT2D eigenvalue weighted by Gasteiger charge is -2.27. The van der Waals surface area contributed by atoms with Crippen LogP contribution in [0.4, 0.5) is 0 Å². The molecule has 0 unspecified atom stereocenters. The summed E-state index contributed by atoms with van der Waals surface area (Å²) < 4.78 is 5.23. The quantitative estimate of drug-likeness (QED) is 0.850. The number of nitrogens with zero attached hydrogens (tertiary/aromatic N) is 1. The monoisotopic (exact) mass is 273 g/mol. The van der Waals surface area contributed by atoms with Crippen LogP contribution in [-0.2, 0) is 11.3 Å². The summed E-state index contributed by atoms with van der Waals surface area (Å²) in [6.45, 7) is 1.17. The zero-order valence-corrected chi connectivity index (χ0v) is 11.7. The van der Waals surface area contributed by atoms with Crippen LogP contribution in [0.5, 0.6) is 5.75 Å². The number of benzene rings is 1. The number of amides is 1. The number of aliphatic hydroxyl groups is 1. The number of methoxy groups -OCH3 is 1. The van der Waals surface area contributed by atoms with Crippen molar-refractivity contribution in [2.45, 2.75) is 25.8 Å². The second kappa shape index (κ2) is 6.97. The SMILES string of the molecule is COc1ccc(C#CCO)c(CN2CCCCC2=O)c1. The molecule has 1 aliphatic rings. The third-order valence-corrected chi connectivity index (χ3v) is 3.40. The van der Waals surface area contributed by atoms with Crippen molar-refractivity contribution in [2.24, 2.45) is 0 Å². The van der Waals surface area contributed by atoms with Gasteiger partial charge in [0.25, 0.3) is 0 Å². The molecule has 0 aliphatic carbocycles. The summed E-state index contributed by atoms with van der Waals surface area (Å²) in [6.07, 6.45) is 2.65. The molecule has 1 aromatic carbocycles. The second-order valence-corrected chi connectivity index (χ2v) is 4.76. The molecule has 2 rings (SSSR count). The van der Waals surface area contributed by atoms with E-state index >= 15 is 0 Å². The van der Waals surface area contributed by atoms with E-state index in [0.717, 1.165) is 36.3 Å². The standard InChI is InChI=1S/C16H19NO3/c1-20-15-8-7-13(5-4-10-18)14(11-15)12-17-9-3-2-6-16(17)19/h7-8,11,18H,2-3,6,9-10,12H2,1H3. The molecule has 4 nitrogen and oxygen atoms in total. The fourth-order valence-corrected chi connectivity index (χ4v) is 2.32. The van der Waals surface area contributed by atoms with Crippen molar-refractivity contribution in [2.75, 3.05) is 20.3 Å². The highest BCUT2D eigenvalue weighted by molar-refractivity contribution is 5.76. The van der Waals surface area contributed by atoms with E-state index < -0.39 is 0 Å². The van der Waals surface area contributed by atoms with Crippen molar-refractivity contribution in [1.82, 2.24) is 4.90 Å². The minimum Gasteiger partial charge on any atom is -0.497 e. The van der Waals surface area contributed by atoms with E-state index in [2.05, 4.69) is 11.8 Å². The molecule has 0 saturated carbocycles. The van der Waals surface area contributed by atoms with Gasteiger partial charge in [0.05, 0.1) is 7.11 Å². The van der Waals surface area contributed by atoms with Crippen molar-refractivity contribution in [3.05, 3.63) is 29.3 Å². The first kappa shape index (κ1) is 14.4. The molecule has 0 atom stereocenters. The first-order chi connectivity index (χ1) is 9.74. The molecule has 20 heavy (non-hydrogen) atoms. The Hall–Kier alpha value is -1.99. The Morgan fingerprint density at radius 1 is 1.40 bits per heavy atom. The van der Waals surface area contributed by atoms with Crippen LogP contribution in [0.3, 0.4) is 0 Å². The Balaban J connectivity index is 2.24. The molecule has 4 heteroatoms. The predicted octanol–water partition coefficient (Wildman–Crippen LogP) is 1.55. The lowest BCUT2D eigenvalue weighted by atomic mass is 10.0. The van der Waals surface area contributed by atoms with Crippen LogP contribution < -0.4 is 4.74 Å². The number of carbonyl (C=O) groups is 1. The molecule has 1 saturated heterocycles. The van der Waals surface area contributed by atoms with Gasteiger partial charge in [-0.15, -0.1) is 0 Å². The Morgan fingerprint density at radius 3 is 2.95 bits per heavy atom.